The molecule has 0 saturated carbocycles. The molecule has 1 aliphatic rings. The Labute approximate surface area is 110 Å². The average Bonchev–Trinajstić information content (AvgIpc) is 2.35. The predicted octanol–water partition coefficient (Wildman–Crippen LogP) is 0.710. The Hall–Kier alpha value is -1.59. The highest BCUT2D eigenvalue weighted by Gasteiger charge is 2.20. The largest absolute Gasteiger partial charge is 0.331 e. The molecular weight excluding hydrogens is 254 g/mol. The van der Waals surface area contributed by atoms with Crippen molar-refractivity contribution in [2.24, 2.45) is 0 Å². The molecule has 0 unspecified atom stereocenters. The highest BCUT2D eigenvalue weighted by atomic mass is 35.5. The van der Waals surface area contributed by atoms with Crippen molar-refractivity contribution in [3.8, 4) is 0 Å². The van der Waals surface area contributed by atoms with E-state index < -0.39 is 0 Å². The van der Waals surface area contributed by atoms with Crippen LogP contribution in [0.2, 0.25) is 5.02 Å². The van der Waals surface area contributed by atoms with Gasteiger partial charge in [-0.1, -0.05) is 23.7 Å². The number of piperazine rings is 1. The first-order valence-corrected chi connectivity index (χ1v) is 6.07. The molecule has 1 saturated heterocycles. The van der Waals surface area contributed by atoms with Crippen molar-refractivity contribution in [1.29, 1.82) is 0 Å². The SMILES string of the molecule is O=C(CN1CCNCC1=O)Nc1ccccc1Cl. The molecule has 1 aliphatic heterocycles. The fraction of sp³-hybridized carbons (Fsp3) is 0.333. The zero-order valence-electron chi connectivity index (χ0n) is 9.78. The zero-order chi connectivity index (χ0) is 13.0. The van der Waals surface area contributed by atoms with Crippen LogP contribution in [0.4, 0.5) is 5.69 Å². The molecule has 5 nitrogen and oxygen atoms in total. The van der Waals surface area contributed by atoms with E-state index in [2.05, 4.69) is 10.6 Å². The summed E-state index contributed by atoms with van der Waals surface area (Å²) in [6.07, 6.45) is 0. The van der Waals surface area contributed by atoms with Crippen molar-refractivity contribution in [2.45, 2.75) is 0 Å². The van der Waals surface area contributed by atoms with Gasteiger partial charge in [0, 0.05) is 13.1 Å². The van der Waals surface area contributed by atoms with E-state index in [4.69, 9.17) is 11.6 Å². The summed E-state index contributed by atoms with van der Waals surface area (Å²) in [5, 5.41) is 6.13. The number of anilines is 1. The number of hydrogen-bond donors (Lipinski definition) is 2. The molecule has 0 atom stereocenters. The summed E-state index contributed by atoms with van der Waals surface area (Å²) in [6.45, 7) is 1.62. The maximum absolute atomic E-state index is 11.8. The zero-order valence-corrected chi connectivity index (χ0v) is 10.5. The number of carbonyl (C=O) groups is 2. The van der Waals surface area contributed by atoms with Gasteiger partial charge < -0.3 is 15.5 Å². The lowest BCUT2D eigenvalue weighted by atomic mass is 10.3. The molecule has 0 radical (unpaired) electrons. The molecule has 0 aliphatic carbocycles. The lowest BCUT2D eigenvalue weighted by Gasteiger charge is -2.26. The molecule has 0 spiro atoms. The second-order valence-corrected chi connectivity index (χ2v) is 4.43. The highest BCUT2D eigenvalue weighted by molar-refractivity contribution is 6.33. The number of carbonyl (C=O) groups excluding carboxylic acids is 2. The molecule has 6 heteroatoms. The predicted molar refractivity (Wildman–Crippen MR) is 69.5 cm³/mol. The van der Waals surface area contributed by atoms with Gasteiger partial charge in [-0.3, -0.25) is 9.59 Å². The summed E-state index contributed by atoms with van der Waals surface area (Å²) in [6, 6.07) is 7.00. The molecule has 0 aromatic heterocycles. The number of para-hydroxylation sites is 1. The Morgan fingerprint density at radius 1 is 1.44 bits per heavy atom. The highest BCUT2D eigenvalue weighted by Crippen LogP contribution is 2.20. The normalized spacial score (nSPS) is 15.6. The summed E-state index contributed by atoms with van der Waals surface area (Å²) >= 11 is 5.93. The molecule has 96 valence electrons. The molecule has 1 heterocycles. The van der Waals surface area contributed by atoms with Crippen LogP contribution in [0.25, 0.3) is 0 Å². The first-order chi connectivity index (χ1) is 8.66. The van der Waals surface area contributed by atoms with Crippen LogP contribution in [0.3, 0.4) is 0 Å². The van der Waals surface area contributed by atoms with Crippen LogP contribution in [-0.2, 0) is 9.59 Å². The van der Waals surface area contributed by atoms with E-state index in [0.717, 1.165) is 0 Å². The Morgan fingerprint density at radius 3 is 2.94 bits per heavy atom. The Kier molecular flexibility index (Phi) is 4.17. The Morgan fingerprint density at radius 2 is 2.22 bits per heavy atom. The van der Waals surface area contributed by atoms with Gasteiger partial charge in [-0.25, -0.2) is 0 Å². The van der Waals surface area contributed by atoms with Gasteiger partial charge in [-0.05, 0) is 12.1 Å². The molecular formula is C12H14ClN3O2. The molecule has 1 fully saturated rings. The summed E-state index contributed by atoms with van der Waals surface area (Å²) < 4.78 is 0. The molecule has 18 heavy (non-hydrogen) atoms. The fourth-order valence-electron chi connectivity index (χ4n) is 1.74. The summed E-state index contributed by atoms with van der Waals surface area (Å²) in [4.78, 5) is 24.8. The smallest absolute Gasteiger partial charge is 0.244 e. The Balaban J connectivity index is 1.92. The number of amides is 2. The fourth-order valence-corrected chi connectivity index (χ4v) is 1.92. The van der Waals surface area contributed by atoms with Crippen molar-refractivity contribution in [1.82, 2.24) is 10.2 Å². The maximum Gasteiger partial charge on any atom is 0.244 e. The van der Waals surface area contributed by atoms with Crippen molar-refractivity contribution >= 4 is 29.1 Å². The average molecular weight is 268 g/mol. The second kappa shape index (κ2) is 5.84. The van der Waals surface area contributed by atoms with Crippen LogP contribution in [0.15, 0.2) is 24.3 Å². The quantitative estimate of drug-likeness (QED) is 0.848. The van der Waals surface area contributed by atoms with Gasteiger partial charge in [0.15, 0.2) is 0 Å². The maximum atomic E-state index is 11.8. The van der Waals surface area contributed by atoms with Gasteiger partial charge in [-0.15, -0.1) is 0 Å². The third kappa shape index (κ3) is 3.21. The molecule has 1 aromatic rings. The minimum Gasteiger partial charge on any atom is -0.331 e. The monoisotopic (exact) mass is 267 g/mol. The summed E-state index contributed by atoms with van der Waals surface area (Å²) in [5.74, 6) is -0.297. The number of nitrogens with one attached hydrogen (secondary N) is 2. The third-order valence-corrected chi connectivity index (χ3v) is 3.00. The van der Waals surface area contributed by atoms with Gasteiger partial charge in [0.2, 0.25) is 11.8 Å². The van der Waals surface area contributed by atoms with Gasteiger partial charge in [0.05, 0.1) is 23.8 Å². The van der Waals surface area contributed by atoms with Crippen molar-refractivity contribution in [2.75, 3.05) is 31.5 Å². The number of nitrogens with zero attached hydrogens (tertiary/aromatic N) is 1. The number of halogens is 1. The third-order valence-electron chi connectivity index (χ3n) is 2.67. The van der Waals surface area contributed by atoms with Crippen LogP contribution >= 0.6 is 11.6 Å². The van der Waals surface area contributed by atoms with E-state index in [1.807, 2.05) is 0 Å². The van der Waals surface area contributed by atoms with Gasteiger partial charge >= 0.3 is 0 Å². The lowest BCUT2D eigenvalue weighted by molar-refractivity contribution is -0.135. The van der Waals surface area contributed by atoms with Crippen molar-refractivity contribution in [3.63, 3.8) is 0 Å². The van der Waals surface area contributed by atoms with Crippen LogP contribution in [0, 0.1) is 0 Å². The topological polar surface area (TPSA) is 61.4 Å². The van der Waals surface area contributed by atoms with E-state index in [0.29, 0.717) is 30.3 Å². The van der Waals surface area contributed by atoms with Gasteiger partial charge in [-0.2, -0.15) is 0 Å². The van der Waals surface area contributed by atoms with Crippen LogP contribution in [-0.4, -0.2) is 42.9 Å². The summed E-state index contributed by atoms with van der Waals surface area (Å²) in [5.41, 5.74) is 0.562. The van der Waals surface area contributed by atoms with E-state index in [1.165, 1.54) is 4.90 Å². The molecule has 1 aromatic carbocycles. The van der Waals surface area contributed by atoms with E-state index in [1.54, 1.807) is 24.3 Å². The second-order valence-electron chi connectivity index (χ2n) is 4.02. The van der Waals surface area contributed by atoms with Crippen molar-refractivity contribution < 1.29 is 9.59 Å². The number of rotatable bonds is 3. The minimum atomic E-state index is -0.238. The molecule has 2 rings (SSSR count). The van der Waals surface area contributed by atoms with Gasteiger partial charge in [0.1, 0.15) is 0 Å². The number of hydrogen-bond acceptors (Lipinski definition) is 3. The van der Waals surface area contributed by atoms with Gasteiger partial charge in [0.25, 0.3) is 0 Å². The van der Waals surface area contributed by atoms with Crippen molar-refractivity contribution in [3.05, 3.63) is 29.3 Å². The molecule has 2 N–H and O–H groups in total. The first-order valence-electron chi connectivity index (χ1n) is 5.69. The molecule has 2 amide bonds. The lowest BCUT2D eigenvalue weighted by Crippen LogP contribution is -2.50. The number of benzene rings is 1. The minimum absolute atomic E-state index is 0.0597. The van der Waals surface area contributed by atoms with Crippen LogP contribution in [0.5, 0.6) is 0 Å². The molecule has 0 bridgehead atoms. The first kappa shape index (κ1) is 12.9. The summed E-state index contributed by atoms with van der Waals surface area (Å²) in [7, 11) is 0. The van der Waals surface area contributed by atoms with Crippen LogP contribution < -0.4 is 10.6 Å². The van der Waals surface area contributed by atoms with Crippen LogP contribution in [0.1, 0.15) is 0 Å². The van der Waals surface area contributed by atoms with E-state index in [9.17, 15) is 9.59 Å². The van der Waals surface area contributed by atoms with E-state index >= 15 is 0 Å². The standard InChI is InChI=1S/C12H14ClN3O2/c13-9-3-1-2-4-10(9)15-11(17)8-16-6-5-14-7-12(16)18/h1-4,14H,5-8H2,(H,15,17). The Bertz CT molecular complexity index is 464. The van der Waals surface area contributed by atoms with E-state index in [-0.39, 0.29) is 18.4 Å².